The third-order valence-corrected chi connectivity index (χ3v) is 4.27. The summed E-state index contributed by atoms with van der Waals surface area (Å²) in [7, 11) is 1.62. The molecule has 3 amide bonds. The van der Waals surface area contributed by atoms with Gasteiger partial charge in [-0.1, -0.05) is 0 Å². The van der Waals surface area contributed by atoms with Crippen molar-refractivity contribution in [2.45, 2.75) is 13.3 Å². The molecule has 8 nitrogen and oxygen atoms in total. The number of ether oxygens (including phenoxy) is 1. The van der Waals surface area contributed by atoms with Crippen molar-refractivity contribution in [2.24, 2.45) is 5.92 Å². The highest BCUT2D eigenvalue weighted by molar-refractivity contribution is 5.92. The average molecular weight is 345 g/mol. The number of H-pyrrole nitrogens is 1. The van der Waals surface area contributed by atoms with E-state index >= 15 is 0 Å². The molecule has 2 heterocycles. The first-order valence-electron chi connectivity index (χ1n) is 8.33. The monoisotopic (exact) mass is 345 g/mol. The van der Waals surface area contributed by atoms with E-state index in [0.29, 0.717) is 38.3 Å². The van der Waals surface area contributed by atoms with E-state index in [1.165, 1.54) is 0 Å². The third kappa shape index (κ3) is 4.27. The van der Waals surface area contributed by atoms with Crippen LogP contribution in [0.3, 0.4) is 0 Å². The number of fused-ring (bicyclic) bond motifs is 1. The third-order valence-electron chi connectivity index (χ3n) is 4.27. The smallest absolute Gasteiger partial charge is 0.319 e. The van der Waals surface area contributed by atoms with Gasteiger partial charge in [0.2, 0.25) is 5.91 Å². The Morgan fingerprint density at radius 2 is 2.32 bits per heavy atom. The van der Waals surface area contributed by atoms with Crippen molar-refractivity contribution in [3.8, 4) is 0 Å². The molecule has 134 valence electrons. The Bertz CT molecular complexity index is 773. The Hall–Kier alpha value is -2.61. The van der Waals surface area contributed by atoms with E-state index in [-0.39, 0.29) is 17.9 Å². The maximum atomic E-state index is 12.1. The van der Waals surface area contributed by atoms with Gasteiger partial charge in [0.1, 0.15) is 5.82 Å². The summed E-state index contributed by atoms with van der Waals surface area (Å²) in [6.45, 7) is 4.14. The first kappa shape index (κ1) is 17.2. The lowest BCUT2D eigenvalue weighted by atomic mass is 10.1. The summed E-state index contributed by atoms with van der Waals surface area (Å²) in [4.78, 5) is 33.2. The Morgan fingerprint density at radius 1 is 1.48 bits per heavy atom. The highest BCUT2D eigenvalue weighted by atomic mass is 16.5. The van der Waals surface area contributed by atoms with Gasteiger partial charge in [-0.2, -0.15) is 0 Å². The van der Waals surface area contributed by atoms with E-state index in [1.54, 1.807) is 12.0 Å². The molecule has 1 saturated heterocycles. The molecule has 1 atom stereocenters. The van der Waals surface area contributed by atoms with Crippen molar-refractivity contribution >= 4 is 28.7 Å². The molecule has 1 aliphatic heterocycles. The average Bonchev–Trinajstić information content (AvgIpc) is 3.12. The lowest BCUT2D eigenvalue weighted by Gasteiger charge is -2.16. The van der Waals surface area contributed by atoms with Crippen LogP contribution < -0.4 is 10.6 Å². The normalized spacial score (nSPS) is 17.3. The Morgan fingerprint density at radius 3 is 3.12 bits per heavy atom. The van der Waals surface area contributed by atoms with Crippen molar-refractivity contribution < 1.29 is 14.3 Å². The van der Waals surface area contributed by atoms with Crippen LogP contribution in [0, 0.1) is 12.8 Å². The zero-order valence-corrected chi connectivity index (χ0v) is 14.5. The maximum absolute atomic E-state index is 12.1. The van der Waals surface area contributed by atoms with Gasteiger partial charge >= 0.3 is 6.03 Å². The Kier molecular flexibility index (Phi) is 5.18. The highest BCUT2D eigenvalue weighted by Gasteiger charge is 2.29. The van der Waals surface area contributed by atoms with Gasteiger partial charge in [-0.15, -0.1) is 0 Å². The zero-order valence-electron chi connectivity index (χ0n) is 14.5. The Balaban J connectivity index is 1.48. The second-order valence-corrected chi connectivity index (χ2v) is 6.29. The van der Waals surface area contributed by atoms with Gasteiger partial charge in [-0.25, -0.2) is 9.78 Å². The molecular formula is C17H23N5O3. The summed E-state index contributed by atoms with van der Waals surface area (Å²) in [5, 5.41) is 5.65. The summed E-state index contributed by atoms with van der Waals surface area (Å²) >= 11 is 0. The number of nitrogens with zero attached hydrogens (tertiary/aromatic N) is 2. The van der Waals surface area contributed by atoms with Crippen molar-refractivity contribution in [3.05, 3.63) is 24.0 Å². The number of benzene rings is 1. The molecule has 25 heavy (non-hydrogen) atoms. The summed E-state index contributed by atoms with van der Waals surface area (Å²) in [6, 6.07) is 5.24. The van der Waals surface area contributed by atoms with Crippen LogP contribution in [0.1, 0.15) is 12.2 Å². The van der Waals surface area contributed by atoms with Crippen LogP contribution in [0.4, 0.5) is 10.5 Å². The number of aromatic nitrogens is 2. The first-order valence-corrected chi connectivity index (χ1v) is 8.33. The number of hydrogen-bond acceptors (Lipinski definition) is 4. The molecule has 1 aliphatic rings. The largest absolute Gasteiger partial charge is 0.383 e. The van der Waals surface area contributed by atoms with E-state index in [9.17, 15) is 9.59 Å². The van der Waals surface area contributed by atoms with E-state index in [1.807, 2.05) is 25.1 Å². The topological polar surface area (TPSA) is 99.3 Å². The number of aromatic amines is 1. The number of carbonyl (C=O) groups excluding carboxylic acids is 2. The standard InChI is InChI=1S/C17H23N5O3/c1-11-19-14-4-3-13(8-15(14)20-11)21-17(24)18-9-12-7-16(23)22(10-12)5-6-25-2/h3-4,8,12H,5-7,9-10H2,1-2H3,(H,19,20)(H2,18,21,24). The fourth-order valence-electron chi connectivity index (χ4n) is 3.04. The number of hydrogen-bond donors (Lipinski definition) is 3. The van der Waals surface area contributed by atoms with E-state index in [4.69, 9.17) is 4.74 Å². The summed E-state index contributed by atoms with van der Waals surface area (Å²) in [6.07, 6.45) is 0.462. The van der Waals surface area contributed by atoms with Gasteiger partial charge in [0.15, 0.2) is 0 Å². The molecule has 0 bridgehead atoms. The fourth-order valence-corrected chi connectivity index (χ4v) is 3.04. The van der Waals surface area contributed by atoms with Crippen LogP contribution in [-0.2, 0) is 9.53 Å². The molecule has 8 heteroatoms. The fraction of sp³-hybridized carbons (Fsp3) is 0.471. The van der Waals surface area contributed by atoms with Gasteiger partial charge in [-0.3, -0.25) is 4.79 Å². The predicted molar refractivity (Wildman–Crippen MR) is 94.4 cm³/mol. The van der Waals surface area contributed by atoms with Crippen molar-refractivity contribution in [3.63, 3.8) is 0 Å². The van der Waals surface area contributed by atoms with Gasteiger partial charge in [0.05, 0.1) is 17.6 Å². The molecule has 0 aliphatic carbocycles. The summed E-state index contributed by atoms with van der Waals surface area (Å²) in [5.74, 6) is 1.08. The summed E-state index contributed by atoms with van der Waals surface area (Å²) < 4.78 is 5.00. The highest BCUT2D eigenvalue weighted by Crippen LogP contribution is 2.18. The van der Waals surface area contributed by atoms with Crippen LogP contribution in [0.25, 0.3) is 11.0 Å². The number of methoxy groups -OCH3 is 1. The van der Waals surface area contributed by atoms with Crippen molar-refractivity contribution in [2.75, 3.05) is 38.7 Å². The van der Waals surface area contributed by atoms with Gasteiger partial charge in [0.25, 0.3) is 0 Å². The molecule has 1 fully saturated rings. The second-order valence-electron chi connectivity index (χ2n) is 6.29. The number of nitrogens with one attached hydrogen (secondary N) is 3. The first-order chi connectivity index (χ1) is 12.0. The molecular weight excluding hydrogens is 322 g/mol. The molecule has 3 rings (SSSR count). The molecule has 0 spiro atoms. The van der Waals surface area contributed by atoms with Crippen LogP contribution in [0.2, 0.25) is 0 Å². The zero-order chi connectivity index (χ0) is 17.8. The molecule has 1 unspecified atom stereocenters. The molecule has 0 radical (unpaired) electrons. The van der Waals surface area contributed by atoms with E-state index < -0.39 is 0 Å². The number of aryl methyl sites for hydroxylation is 1. The van der Waals surface area contributed by atoms with E-state index in [2.05, 4.69) is 20.6 Å². The molecule has 3 N–H and O–H groups in total. The number of amides is 3. The van der Waals surface area contributed by atoms with Gasteiger partial charge in [0, 0.05) is 44.8 Å². The molecule has 1 aromatic heterocycles. The van der Waals surface area contributed by atoms with Crippen molar-refractivity contribution in [1.29, 1.82) is 0 Å². The minimum Gasteiger partial charge on any atom is -0.383 e. The maximum Gasteiger partial charge on any atom is 0.319 e. The molecule has 0 saturated carbocycles. The lowest BCUT2D eigenvalue weighted by molar-refractivity contribution is -0.128. The van der Waals surface area contributed by atoms with Crippen LogP contribution >= 0.6 is 0 Å². The van der Waals surface area contributed by atoms with Crippen LogP contribution in [0.5, 0.6) is 0 Å². The minimum atomic E-state index is -0.279. The van der Waals surface area contributed by atoms with Gasteiger partial charge in [-0.05, 0) is 25.1 Å². The summed E-state index contributed by atoms with van der Waals surface area (Å²) in [5.41, 5.74) is 2.44. The van der Waals surface area contributed by atoms with Crippen LogP contribution in [0.15, 0.2) is 18.2 Å². The van der Waals surface area contributed by atoms with E-state index in [0.717, 1.165) is 16.9 Å². The van der Waals surface area contributed by atoms with Gasteiger partial charge < -0.3 is 25.3 Å². The molecule has 2 aromatic rings. The lowest BCUT2D eigenvalue weighted by Crippen LogP contribution is -2.34. The minimum absolute atomic E-state index is 0.115. The second kappa shape index (κ2) is 7.52. The van der Waals surface area contributed by atoms with Crippen LogP contribution in [-0.4, -0.2) is 60.2 Å². The molecule has 1 aromatic carbocycles. The van der Waals surface area contributed by atoms with Crippen molar-refractivity contribution in [1.82, 2.24) is 20.2 Å². The number of anilines is 1. The Labute approximate surface area is 145 Å². The number of carbonyl (C=O) groups is 2. The number of rotatable bonds is 6. The number of urea groups is 1. The quantitative estimate of drug-likeness (QED) is 0.738. The predicted octanol–water partition coefficient (Wildman–Crippen LogP) is 1.49. The number of likely N-dealkylation sites (tertiary alicyclic amines) is 1. The number of imidazole rings is 1. The SMILES string of the molecule is COCCN1CC(CNC(=O)Nc2ccc3nc(C)[nH]c3c2)CC1=O.